The maximum atomic E-state index is 12.0. The molecule has 18 heavy (non-hydrogen) atoms. The molecule has 1 aromatic rings. The average molecular weight is 328 g/mol. The van der Waals surface area contributed by atoms with Gasteiger partial charge >= 0.3 is 6.36 Å². The summed E-state index contributed by atoms with van der Waals surface area (Å²) in [7, 11) is 0. The minimum absolute atomic E-state index is 0.176. The second kappa shape index (κ2) is 6.29. The van der Waals surface area contributed by atoms with E-state index in [0.29, 0.717) is 18.9 Å². The first-order valence-corrected chi connectivity index (χ1v) is 5.99. The Bertz CT molecular complexity index is 398. The molecular formula is C11H13BrF3NO2. The van der Waals surface area contributed by atoms with Gasteiger partial charge in [-0.25, -0.2) is 0 Å². The Morgan fingerprint density at radius 1 is 1.39 bits per heavy atom. The zero-order valence-electron chi connectivity index (χ0n) is 9.63. The van der Waals surface area contributed by atoms with Gasteiger partial charge in [-0.1, -0.05) is 6.92 Å². The fourth-order valence-corrected chi connectivity index (χ4v) is 1.52. The molecule has 0 saturated heterocycles. The van der Waals surface area contributed by atoms with Gasteiger partial charge in [-0.2, -0.15) is 0 Å². The zero-order valence-corrected chi connectivity index (χ0v) is 11.2. The van der Waals surface area contributed by atoms with Gasteiger partial charge in [0, 0.05) is 5.92 Å². The van der Waals surface area contributed by atoms with E-state index in [1.807, 2.05) is 6.92 Å². The Morgan fingerprint density at radius 2 is 2.06 bits per heavy atom. The molecule has 0 radical (unpaired) electrons. The van der Waals surface area contributed by atoms with Gasteiger partial charge in [0.25, 0.3) is 0 Å². The highest BCUT2D eigenvalue weighted by Gasteiger charge is 2.31. The Balaban J connectivity index is 2.67. The molecule has 102 valence electrons. The smallest absolute Gasteiger partial charge is 0.493 e. The van der Waals surface area contributed by atoms with E-state index in [0.717, 1.165) is 0 Å². The predicted molar refractivity (Wildman–Crippen MR) is 64.5 cm³/mol. The monoisotopic (exact) mass is 327 g/mol. The Morgan fingerprint density at radius 3 is 2.56 bits per heavy atom. The molecule has 0 aromatic heterocycles. The van der Waals surface area contributed by atoms with Crippen LogP contribution in [0.25, 0.3) is 0 Å². The van der Waals surface area contributed by atoms with Gasteiger partial charge in [0.05, 0.1) is 11.1 Å². The Hall–Kier alpha value is -0.950. The summed E-state index contributed by atoms with van der Waals surface area (Å²) in [6.45, 7) is 2.80. The highest BCUT2D eigenvalue weighted by molar-refractivity contribution is 9.10. The van der Waals surface area contributed by atoms with Gasteiger partial charge in [0.15, 0.2) is 0 Å². The molecule has 3 nitrogen and oxygen atoms in total. The first-order chi connectivity index (χ1) is 8.31. The van der Waals surface area contributed by atoms with Gasteiger partial charge in [-0.3, -0.25) is 0 Å². The van der Waals surface area contributed by atoms with Crippen LogP contribution in [0.15, 0.2) is 22.7 Å². The molecule has 0 aliphatic carbocycles. The van der Waals surface area contributed by atoms with Crippen molar-refractivity contribution in [2.75, 3.05) is 13.2 Å². The van der Waals surface area contributed by atoms with E-state index >= 15 is 0 Å². The SMILES string of the molecule is CC(CN)COc1ccc(OC(F)(F)F)c(Br)c1. The van der Waals surface area contributed by atoms with Crippen LogP contribution in [-0.2, 0) is 0 Å². The molecule has 0 amide bonds. The highest BCUT2D eigenvalue weighted by atomic mass is 79.9. The lowest BCUT2D eigenvalue weighted by atomic mass is 10.2. The van der Waals surface area contributed by atoms with Crippen LogP contribution in [0.2, 0.25) is 0 Å². The summed E-state index contributed by atoms with van der Waals surface area (Å²) in [4.78, 5) is 0. The lowest BCUT2D eigenvalue weighted by molar-refractivity contribution is -0.274. The van der Waals surface area contributed by atoms with Crippen LogP contribution >= 0.6 is 15.9 Å². The van der Waals surface area contributed by atoms with Crippen LogP contribution in [0.1, 0.15) is 6.92 Å². The van der Waals surface area contributed by atoms with E-state index in [1.165, 1.54) is 18.2 Å². The van der Waals surface area contributed by atoms with Crippen molar-refractivity contribution in [3.05, 3.63) is 22.7 Å². The topological polar surface area (TPSA) is 44.5 Å². The third-order valence-corrected chi connectivity index (χ3v) is 2.69. The summed E-state index contributed by atoms with van der Waals surface area (Å²) in [5.41, 5.74) is 5.43. The third-order valence-electron chi connectivity index (χ3n) is 2.07. The maximum Gasteiger partial charge on any atom is 0.573 e. The molecule has 1 unspecified atom stereocenters. The van der Waals surface area contributed by atoms with Crippen LogP contribution < -0.4 is 15.2 Å². The fourth-order valence-electron chi connectivity index (χ4n) is 1.09. The molecule has 1 rings (SSSR count). The molecule has 0 aliphatic rings. The van der Waals surface area contributed by atoms with Gasteiger partial charge in [0.2, 0.25) is 0 Å². The van der Waals surface area contributed by atoms with E-state index in [-0.39, 0.29) is 16.1 Å². The fraction of sp³-hybridized carbons (Fsp3) is 0.455. The lowest BCUT2D eigenvalue weighted by Gasteiger charge is -2.13. The highest BCUT2D eigenvalue weighted by Crippen LogP contribution is 2.33. The standard InChI is InChI=1S/C11H13BrF3NO2/c1-7(5-16)6-17-8-2-3-10(9(12)4-8)18-11(13,14)15/h2-4,7H,5-6,16H2,1H3. The molecule has 0 heterocycles. The first kappa shape index (κ1) is 15.1. The van der Waals surface area contributed by atoms with Crippen molar-refractivity contribution in [2.45, 2.75) is 13.3 Å². The zero-order chi connectivity index (χ0) is 13.8. The maximum absolute atomic E-state index is 12.0. The summed E-state index contributed by atoms with van der Waals surface area (Å²) < 4.78 is 45.5. The summed E-state index contributed by atoms with van der Waals surface area (Å²) in [5.74, 6) is 0.327. The first-order valence-electron chi connectivity index (χ1n) is 5.20. The van der Waals surface area contributed by atoms with Crippen LogP contribution in [0.5, 0.6) is 11.5 Å². The predicted octanol–water partition coefficient (Wildman–Crippen LogP) is 3.32. The lowest BCUT2D eigenvalue weighted by Crippen LogP contribution is -2.18. The van der Waals surface area contributed by atoms with E-state index in [2.05, 4.69) is 20.7 Å². The van der Waals surface area contributed by atoms with Crippen molar-refractivity contribution in [1.82, 2.24) is 0 Å². The van der Waals surface area contributed by atoms with E-state index in [1.54, 1.807) is 0 Å². The molecule has 0 saturated carbocycles. The molecule has 1 aromatic carbocycles. The minimum Gasteiger partial charge on any atom is -0.493 e. The van der Waals surface area contributed by atoms with Crippen molar-refractivity contribution in [2.24, 2.45) is 11.7 Å². The van der Waals surface area contributed by atoms with Gasteiger partial charge in [-0.05, 0) is 40.7 Å². The summed E-state index contributed by atoms with van der Waals surface area (Å²) in [5, 5.41) is 0. The minimum atomic E-state index is -4.71. The van der Waals surface area contributed by atoms with Crippen molar-refractivity contribution in [3.63, 3.8) is 0 Å². The molecule has 0 aliphatic heterocycles. The van der Waals surface area contributed by atoms with E-state index in [4.69, 9.17) is 10.5 Å². The van der Waals surface area contributed by atoms with Crippen LogP contribution in [0.3, 0.4) is 0 Å². The summed E-state index contributed by atoms with van der Waals surface area (Å²) in [6.07, 6.45) is -4.71. The second-order valence-electron chi connectivity index (χ2n) is 3.79. The van der Waals surface area contributed by atoms with Gasteiger partial charge in [0.1, 0.15) is 11.5 Å². The number of benzene rings is 1. The number of hydrogen-bond donors (Lipinski definition) is 1. The number of ether oxygens (including phenoxy) is 2. The number of rotatable bonds is 5. The average Bonchev–Trinajstić information content (AvgIpc) is 2.27. The quantitative estimate of drug-likeness (QED) is 0.902. The normalized spacial score (nSPS) is 13.2. The molecule has 2 N–H and O–H groups in total. The number of hydrogen-bond acceptors (Lipinski definition) is 3. The van der Waals surface area contributed by atoms with E-state index < -0.39 is 6.36 Å². The third kappa shape index (κ3) is 5.14. The second-order valence-corrected chi connectivity index (χ2v) is 4.65. The van der Waals surface area contributed by atoms with Crippen LogP contribution in [-0.4, -0.2) is 19.5 Å². The molecule has 0 bridgehead atoms. The van der Waals surface area contributed by atoms with Crippen molar-refractivity contribution in [1.29, 1.82) is 0 Å². The number of nitrogens with two attached hydrogens (primary N) is 1. The van der Waals surface area contributed by atoms with Gasteiger partial charge < -0.3 is 15.2 Å². The molecule has 7 heteroatoms. The van der Waals surface area contributed by atoms with E-state index in [9.17, 15) is 13.2 Å². The van der Waals surface area contributed by atoms with Crippen LogP contribution in [0, 0.1) is 5.92 Å². The Kier molecular flexibility index (Phi) is 5.28. The summed E-state index contributed by atoms with van der Waals surface area (Å²) >= 11 is 2.99. The number of alkyl halides is 3. The molecular weight excluding hydrogens is 315 g/mol. The number of halogens is 4. The summed E-state index contributed by atoms with van der Waals surface area (Å²) in [6, 6.07) is 4.03. The van der Waals surface area contributed by atoms with Crippen molar-refractivity contribution >= 4 is 15.9 Å². The molecule has 0 spiro atoms. The molecule has 1 atom stereocenters. The van der Waals surface area contributed by atoms with Crippen molar-refractivity contribution < 1.29 is 22.6 Å². The molecule has 0 fully saturated rings. The van der Waals surface area contributed by atoms with Crippen molar-refractivity contribution in [3.8, 4) is 11.5 Å². The largest absolute Gasteiger partial charge is 0.573 e. The Labute approximate surface area is 111 Å². The van der Waals surface area contributed by atoms with Gasteiger partial charge in [-0.15, -0.1) is 13.2 Å². The van der Waals surface area contributed by atoms with Crippen LogP contribution in [0.4, 0.5) is 13.2 Å².